The number of nitrogens with one attached hydrogen (secondary N) is 1. The van der Waals surface area contributed by atoms with Crippen molar-refractivity contribution < 1.29 is 5.11 Å². The van der Waals surface area contributed by atoms with E-state index in [0.29, 0.717) is 0 Å². The van der Waals surface area contributed by atoms with Crippen LogP contribution in [0.4, 0.5) is 0 Å². The van der Waals surface area contributed by atoms with Gasteiger partial charge in [0, 0.05) is 6.54 Å². The van der Waals surface area contributed by atoms with Crippen molar-refractivity contribution in [2.24, 2.45) is 0 Å². The van der Waals surface area contributed by atoms with Crippen molar-refractivity contribution in [3.63, 3.8) is 0 Å². The summed E-state index contributed by atoms with van der Waals surface area (Å²) in [5, 5.41) is 12.2. The Labute approximate surface area is 43.5 Å². The van der Waals surface area contributed by atoms with Crippen LogP contribution in [-0.2, 0) is 0 Å². The smallest absolute Gasteiger partial charge is 0.0755 e. The van der Waals surface area contributed by atoms with Crippen LogP contribution >= 0.6 is 0 Å². The van der Waals surface area contributed by atoms with Crippen LogP contribution in [0.2, 0.25) is 0 Å². The fraction of sp³-hybridized carbons (Fsp3) is 1.00. The van der Waals surface area contributed by atoms with Gasteiger partial charge in [0.25, 0.3) is 0 Å². The highest BCUT2D eigenvalue weighted by atomic mass is 16.3. The minimum atomic E-state index is -0.417. The van der Waals surface area contributed by atoms with Gasteiger partial charge < -0.3 is 10.4 Å². The van der Waals surface area contributed by atoms with E-state index in [1.165, 1.54) is 0 Å². The molecule has 1 fully saturated rings. The second-order valence-electron chi connectivity index (χ2n) is 2.42. The quantitative estimate of drug-likeness (QED) is 0.440. The summed E-state index contributed by atoms with van der Waals surface area (Å²) in [6.07, 6.45) is 0.896. The minimum absolute atomic E-state index is 0.417. The number of rotatable bonds is 0. The normalized spacial score (nSPS) is 42.0. The molecule has 1 saturated heterocycles. The summed E-state index contributed by atoms with van der Waals surface area (Å²) in [7, 11) is 0. The largest absolute Gasteiger partial charge is 0.389 e. The van der Waals surface area contributed by atoms with Gasteiger partial charge in [0.2, 0.25) is 0 Å². The van der Waals surface area contributed by atoms with E-state index in [1.54, 1.807) is 0 Å². The molecule has 1 aliphatic rings. The standard InChI is InChI=1S/C5H11NO/c1-5(7)2-3-6-4-5/h6-7H,2-4H2,1H3/t5-/m0/s1. The molecule has 0 spiro atoms. The molecule has 0 aromatic heterocycles. The van der Waals surface area contributed by atoms with Gasteiger partial charge in [-0.05, 0) is 19.9 Å². The second-order valence-corrected chi connectivity index (χ2v) is 2.42. The molecular weight excluding hydrogens is 90.1 g/mol. The van der Waals surface area contributed by atoms with Crippen molar-refractivity contribution in [2.45, 2.75) is 18.9 Å². The third-order valence-electron chi connectivity index (χ3n) is 1.35. The van der Waals surface area contributed by atoms with E-state index in [0.717, 1.165) is 19.5 Å². The average Bonchev–Trinajstić information content (AvgIpc) is 1.84. The van der Waals surface area contributed by atoms with Crippen LogP contribution in [-0.4, -0.2) is 23.8 Å². The molecular formula is C5H11NO. The van der Waals surface area contributed by atoms with E-state index in [1.807, 2.05) is 6.92 Å². The zero-order valence-electron chi connectivity index (χ0n) is 4.57. The first-order chi connectivity index (χ1) is 3.21. The molecule has 0 saturated carbocycles. The monoisotopic (exact) mass is 101 g/mol. The maximum atomic E-state index is 9.13. The van der Waals surface area contributed by atoms with Crippen LogP contribution in [0.3, 0.4) is 0 Å². The van der Waals surface area contributed by atoms with E-state index in [4.69, 9.17) is 5.11 Å². The Morgan fingerprint density at radius 1 is 1.71 bits per heavy atom. The molecule has 0 aliphatic carbocycles. The third-order valence-corrected chi connectivity index (χ3v) is 1.35. The Hall–Kier alpha value is -0.0800. The Morgan fingerprint density at radius 2 is 2.43 bits per heavy atom. The Kier molecular flexibility index (Phi) is 1.05. The molecule has 7 heavy (non-hydrogen) atoms. The lowest BCUT2D eigenvalue weighted by Crippen LogP contribution is -2.26. The summed E-state index contributed by atoms with van der Waals surface area (Å²) in [5.41, 5.74) is -0.417. The first kappa shape index (κ1) is 5.06. The van der Waals surface area contributed by atoms with Gasteiger partial charge in [-0.2, -0.15) is 0 Å². The Balaban J connectivity index is 2.40. The molecule has 1 aliphatic heterocycles. The maximum Gasteiger partial charge on any atom is 0.0755 e. The first-order valence-corrected chi connectivity index (χ1v) is 2.64. The molecule has 42 valence electrons. The van der Waals surface area contributed by atoms with Crippen molar-refractivity contribution in [3.8, 4) is 0 Å². The highest BCUT2D eigenvalue weighted by Crippen LogP contribution is 2.10. The molecule has 0 radical (unpaired) electrons. The number of hydrogen-bond acceptors (Lipinski definition) is 2. The summed E-state index contributed by atoms with van der Waals surface area (Å²) in [4.78, 5) is 0. The van der Waals surface area contributed by atoms with Crippen molar-refractivity contribution in [1.82, 2.24) is 5.32 Å². The predicted octanol–water partition coefficient (Wildman–Crippen LogP) is -0.269. The molecule has 0 bridgehead atoms. The van der Waals surface area contributed by atoms with Crippen LogP contribution in [0.15, 0.2) is 0 Å². The summed E-state index contributed by atoms with van der Waals surface area (Å²) >= 11 is 0. The average molecular weight is 101 g/mol. The van der Waals surface area contributed by atoms with Crippen LogP contribution in [0, 0.1) is 0 Å². The van der Waals surface area contributed by atoms with Gasteiger partial charge in [-0.15, -0.1) is 0 Å². The predicted molar refractivity (Wildman–Crippen MR) is 28.1 cm³/mol. The lowest BCUT2D eigenvalue weighted by Gasteiger charge is -2.11. The molecule has 0 amide bonds. The van der Waals surface area contributed by atoms with E-state index in [9.17, 15) is 0 Å². The molecule has 1 rings (SSSR count). The van der Waals surface area contributed by atoms with Gasteiger partial charge in [0.1, 0.15) is 0 Å². The third kappa shape index (κ3) is 1.14. The van der Waals surface area contributed by atoms with Gasteiger partial charge in [-0.3, -0.25) is 0 Å². The Morgan fingerprint density at radius 3 is 2.57 bits per heavy atom. The topological polar surface area (TPSA) is 32.3 Å². The molecule has 1 atom stereocenters. The molecule has 2 heteroatoms. The zero-order chi connectivity index (χ0) is 5.33. The number of β-amino-alcohol motifs (C(OH)–C–C–N with tert-alkyl or cyclic N) is 1. The number of aliphatic hydroxyl groups is 1. The lowest BCUT2D eigenvalue weighted by atomic mass is 10.1. The molecule has 2 nitrogen and oxygen atoms in total. The highest BCUT2D eigenvalue weighted by Gasteiger charge is 2.23. The van der Waals surface area contributed by atoms with Crippen molar-refractivity contribution >= 4 is 0 Å². The van der Waals surface area contributed by atoms with E-state index in [-0.39, 0.29) is 0 Å². The highest BCUT2D eigenvalue weighted by molar-refractivity contribution is 4.82. The maximum absolute atomic E-state index is 9.13. The summed E-state index contributed by atoms with van der Waals surface area (Å²) < 4.78 is 0. The van der Waals surface area contributed by atoms with Crippen molar-refractivity contribution in [2.75, 3.05) is 13.1 Å². The summed E-state index contributed by atoms with van der Waals surface area (Å²) in [6.45, 7) is 3.58. The molecule has 2 N–H and O–H groups in total. The Bertz CT molecular complexity index is 62.5. The summed E-state index contributed by atoms with van der Waals surface area (Å²) in [6, 6.07) is 0. The van der Waals surface area contributed by atoms with Crippen LogP contribution in [0.25, 0.3) is 0 Å². The van der Waals surface area contributed by atoms with Gasteiger partial charge in [-0.25, -0.2) is 0 Å². The fourth-order valence-corrected chi connectivity index (χ4v) is 0.804. The lowest BCUT2D eigenvalue weighted by molar-refractivity contribution is 0.0820. The zero-order valence-corrected chi connectivity index (χ0v) is 4.57. The SMILES string of the molecule is C[C@]1(O)CCNC1. The van der Waals surface area contributed by atoms with Gasteiger partial charge in [-0.1, -0.05) is 0 Å². The van der Waals surface area contributed by atoms with Crippen LogP contribution in [0.1, 0.15) is 13.3 Å². The fourth-order valence-electron chi connectivity index (χ4n) is 0.804. The van der Waals surface area contributed by atoms with E-state index in [2.05, 4.69) is 5.32 Å². The van der Waals surface area contributed by atoms with Gasteiger partial charge in [0.05, 0.1) is 5.60 Å². The summed E-state index contributed by atoms with van der Waals surface area (Å²) in [5.74, 6) is 0. The first-order valence-electron chi connectivity index (χ1n) is 2.64. The van der Waals surface area contributed by atoms with E-state index < -0.39 is 5.60 Å². The number of hydrogen-bond donors (Lipinski definition) is 2. The van der Waals surface area contributed by atoms with E-state index >= 15 is 0 Å². The van der Waals surface area contributed by atoms with Crippen LogP contribution < -0.4 is 5.32 Å². The van der Waals surface area contributed by atoms with Crippen molar-refractivity contribution in [1.29, 1.82) is 0 Å². The molecule has 0 unspecified atom stereocenters. The van der Waals surface area contributed by atoms with Crippen LogP contribution in [0.5, 0.6) is 0 Å². The van der Waals surface area contributed by atoms with Gasteiger partial charge >= 0.3 is 0 Å². The molecule has 0 aromatic rings. The molecule has 0 aromatic carbocycles. The second kappa shape index (κ2) is 1.46. The minimum Gasteiger partial charge on any atom is -0.389 e. The molecule has 1 heterocycles. The van der Waals surface area contributed by atoms with Crippen molar-refractivity contribution in [3.05, 3.63) is 0 Å². The van der Waals surface area contributed by atoms with Gasteiger partial charge in [0.15, 0.2) is 0 Å².